The quantitative estimate of drug-likeness (QED) is 0.767. The molecule has 0 aliphatic rings. The highest BCUT2D eigenvalue weighted by molar-refractivity contribution is 5.76. The van der Waals surface area contributed by atoms with Crippen LogP contribution in [0.2, 0.25) is 0 Å². The fraction of sp³-hybridized carbons (Fsp3) is 0.500. The summed E-state index contributed by atoms with van der Waals surface area (Å²) in [6.45, 7) is 4.17. The Labute approximate surface area is 114 Å². The van der Waals surface area contributed by atoms with E-state index < -0.39 is 0 Å². The van der Waals surface area contributed by atoms with E-state index in [4.69, 9.17) is 10.5 Å². The van der Waals surface area contributed by atoms with E-state index in [0.29, 0.717) is 24.5 Å². The van der Waals surface area contributed by atoms with Crippen molar-refractivity contribution in [2.45, 2.75) is 26.3 Å². The first kappa shape index (κ1) is 15.1. The number of ether oxygens (including phenoxy) is 1. The number of nitrogens with zero attached hydrogens (tertiary/aromatic N) is 1. The van der Waals surface area contributed by atoms with Gasteiger partial charge in [0.05, 0.1) is 18.7 Å². The van der Waals surface area contributed by atoms with Gasteiger partial charge in [-0.2, -0.15) is 0 Å². The number of amides is 1. The normalized spacial score (nSPS) is 10.4. The number of carbonyl (C=O) groups excluding carboxylic acids is 1. The summed E-state index contributed by atoms with van der Waals surface area (Å²) in [5.41, 5.74) is 7.43. The second kappa shape index (κ2) is 6.87. The lowest BCUT2D eigenvalue weighted by Gasteiger charge is -2.16. The largest absolute Gasteiger partial charge is 0.491 e. The predicted molar refractivity (Wildman–Crippen MR) is 78.6 cm³/mol. The maximum atomic E-state index is 11.5. The Hall–Kier alpha value is -1.91. The van der Waals surface area contributed by atoms with Crippen LogP contribution < -0.4 is 20.7 Å². The molecule has 1 aromatic rings. The number of anilines is 2. The van der Waals surface area contributed by atoms with Crippen molar-refractivity contribution in [3.63, 3.8) is 0 Å². The van der Waals surface area contributed by atoms with Gasteiger partial charge in [0.25, 0.3) is 0 Å². The van der Waals surface area contributed by atoms with Crippen molar-refractivity contribution in [2.24, 2.45) is 0 Å². The van der Waals surface area contributed by atoms with Gasteiger partial charge in [0.2, 0.25) is 5.91 Å². The number of hydrogen-bond donors (Lipinski definition) is 2. The van der Waals surface area contributed by atoms with Gasteiger partial charge in [-0.15, -0.1) is 0 Å². The number of hydrogen-bond acceptors (Lipinski definition) is 4. The van der Waals surface area contributed by atoms with E-state index >= 15 is 0 Å². The Morgan fingerprint density at radius 2 is 2.11 bits per heavy atom. The molecule has 0 radical (unpaired) electrons. The molecule has 0 aliphatic heterocycles. The van der Waals surface area contributed by atoms with Crippen LogP contribution in [0.5, 0.6) is 5.75 Å². The van der Waals surface area contributed by atoms with E-state index in [1.54, 1.807) is 6.07 Å². The van der Waals surface area contributed by atoms with Crippen LogP contribution in [0, 0.1) is 0 Å². The molecule has 0 aliphatic carbocycles. The lowest BCUT2D eigenvalue weighted by molar-refractivity contribution is -0.122. The van der Waals surface area contributed by atoms with Crippen molar-refractivity contribution >= 4 is 17.3 Å². The van der Waals surface area contributed by atoms with E-state index in [0.717, 1.165) is 5.69 Å². The van der Waals surface area contributed by atoms with Crippen LogP contribution in [-0.2, 0) is 4.79 Å². The zero-order chi connectivity index (χ0) is 14.4. The number of nitrogen functional groups attached to an aromatic ring is 1. The SMILES string of the molecule is CC(C)NC(=O)CCOc1cc(N(C)C)ccc1N. The third-order valence-electron chi connectivity index (χ3n) is 2.55. The van der Waals surface area contributed by atoms with Crippen LogP contribution in [-0.4, -0.2) is 32.7 Å². The van der Waals surface area contributed by atoms with E-state index in [9.17, 15) is 4.79 Å². The van der Waals surface area contributed by atoms with Crippen molar-refractivity contribution in [1.29, 1.82) is 0 Å². The van der Waals surface area contributed by atoms with Crippen molar-refractivity contribution in [2.75, 3.05) is 31.3 Å². The van der Waals surface area contributed by atoms with Gasteiger partial charge in [0.15, 0.2) is 0 Å². The molecule has 0 atom stereocenters. The van der Waals surface area contributed by atoms with Gasteiger partial charge in [0.1, 0.15) is 5.75 Å². The highest BCUT2D eigenvalue weighted by atomic mass is 16.5. The molecule has 106 valence electrons. The van der Waals surface area contributed by atoms with Gasteiger partial charge < -0.3 is 20.7 Å². The van der Waals surface area contributed by atoms with Gasteiger partial charge in [0, 0.05) is 31.9 Å². The summed E-state index contributed by atoms with van der Waals surface area (Å²) in [4.78, 5) is 13.4. The van der Waals surface area contributed by atoms with Crippen molar-refractivity contribution in [3.05, 3.63) is 18.2 Å². The molecule has 5 nitrogen and oxygen atoms in total. The van der Waals surface area contributed by atoms with Crippen LogP contribution in [0.15, 0.2) is 18.2 Å². The average Bonchev–Trinajstić information content (AvgIpc) is 2.30. The van der Waals surface area contributed by atoms with E-state index in [-0.39, 0.29) is 11.9 Å². The van der Waals surface area contributed by atoms with Crippen LogP contribution >= 0.6 is 0 Å². The zero-order valence-corrected chi connectivity index (χ0v) is 12.1. The summed E-state index contributed by atoms with van der Waals surface area (Å²) in [7, 11) is 3.90. The standard InChI is InChI=1S/C14H23N3O2/c1-10(2)16-14(18)7-8-19-13-9-11(17(3)4)5-6-12(13)15/h5-6,9-10H,7-8,15H2,1-4H3,(H,16,18). The summed E-state index contributed by atoms with van der Waals surface area (Å²) in [5, 5.41) is 2.81. The van der Waals surface area contributed by atoms with Crippen LogP contribution in [0.4, 0.5) is 11.4 Å². The highest BCUT2D eigenvalue weighted by Crippen LogP contribution is 2.26. The summed E-state index contributed by atoms with van der Waals surface area (Å²) in [5.74, 6) is 0.598. The maximum absolute atomic E-state index is 11.5. The van der Waals surface area contributed by atoms with E-state index in [2.05, 4.69) is 5.32 Å². The van der Waals surface area contributed by atoms with Crippen molar-refractivity contribution in [1.82, 2.24) is 5.32 Å². The van der Waals surface area contributed by atoms with Crippen LogP contribution in [0.25, 0.3) is 0 Å². The molecule has 1 aromatic carbocycles. The Morgan fingerprint density at radius 1 is 1.42 bits per heavy atom. The fourth-order valence-electron chi connectivity index (χ4n) is 1.57. The monoisotopic (exact) mass is 265 g/mol. The van der Waals surface area contributed by atoms with E-state index in [1.807, 2.05) is 45.0 Å². The first-order valence-electron chi connectivity index (χ1n) is 6.39. The molecule has 5 heteroatoms. The van der Waals surface area contributed by atoms with Crippen molar-refractivity contribution in [3.8, 4) is 5.75 Å². The molecular formula is C14H23N3O2. The Morgan fingerprint density at radius 3 is 2.68 bits per heavy atom. The van der Waals surface area contributed by atoms with Gasteiger partial charge in [-0.1, -0.05) is 0 Å². The lowest BCUT2D eigenvalue weighted by Crippen LogP contribution is -2.31. The molecule has 1 rings (SSSR count). The first-order valence-corrected chi connectivity index (χ1v) is 6.39. The van der Waals surface area contributed by atoms with Gasteiger partial charge in [-0.05, 0) is 26.0 Å². The summed E-state index contributed by atoms with van der Waals surface area (Å²) in [6, 6.07) is 5.75. The smallest absolute Gasteiger partial charge is 0.223 e. The summed E-state index contributed by atoms with van der Waals surface area (Å²) < 4.78 is 5.57. The van der Waals surface area contributed by atoms with Crippen molar-refractivity contribution < 1.29 is 9.53 Å². The minimum absolute atomic E-state index is 0.0164. The average molecular weight is 265 g/mol. The number of rotatable bonds is 6. The second-order valence-corrected chi connectivity index (χ2v) is 4.94. The minimum atomic E-state index is -0.0164. The molecule has 0 bridgehead atoms. The fourth-order valence-corrected chi connectivity index (χ4v) is 1.57. The van der Waals surface area contributed by atoms with E-state index in [1.165, 1.54) is 0 Å². The third-order valence-corrected chi connectivity index (χ3v) is 2.55. The molecule has 0 unspecified atom stereocenters. The number of benzene rings is 1. The zero-order valence-electron chi connectivity index (χ0n) is 12.1. The molecule has 0 fully saturated rings. The molecule has 0 saturated carbocycles. The first-order chi connectivity index (χ1) is 8.90. The molecule has 3 N–H and O–H groups in total. The Bertz CT molecular complexity index is 431. The second-order valence-electron chi connectivity index (χ2n) is 4.94. The van der Waals surface area contributed by atoms with Crippen LogP contribution in [0.1, 0.15) is 20.3 Å². The van der Waals surface area contributed by atoms with Gasteiger partial charge in [-0.3, -0.25) is 4.79 Å². The number of carbonyl (C=O) groups is 1. The Kier molecular flexibility index (Phi) is 5.48. The molecule has 0 spiro atoms. The molecule has 0 aromatic heterocycles. The molecule has 0 heterocycles. The van der Waals surface area contributed by atoms with Crippen LogP contribution in [0.3, 0.4) is 0 Å². The number of nitrogens with one attached hydrogen (secondary N) is 1. The highest BCUT2D eigenvalue weighted by Gasteiger charge is 2.06. The number of nitrogens with two attached hydrogens (primary N) is 1. The molecule has 19 heavy (non-hydrogen) atoms. The van der Waals surface area contributed by atoms with Gasteiger partial charge >= 0.3 is 0 Å². The molecule has 0 saturated heterocycles. The maximum Gasteiger partial charge on any atom is 0.223 e. The topological polar surface area (TPSA) is 67.6 Å². The van der Waals surface area contributed by atoms with Gasteiger partial charge in [-0.25, -0.2) is 0 Å². The third kappa shape index (κ3) is 5.07. The predicted octanol–water partition coefficient (Wildman–Crippen LogP) is 1.63. The Balaban J connectivity index is 2.53. The summed E-state index contributed by atoms with van der Waals surface area (Å²) >= 11 is 0. The minimum Gasteiger partial charge on any atom is -0.491 e. The molecule has 1 amide bonds. The molecular weight excluding hydrogens is 242 g/mol. The summed E-state index contributed by atoms with van der Waals surface area (Å²) in [6.07, 6.45) is 0.323. The lowest BCUT2D eigenvalue weighted by atomic mass is 10.2.